The maximum Gasteiger partial charge on any atom is 0.251 e. The van der Waals surface area contributed by atoms with Crippen LogP contribution in [0.25, 0.3) is 0 Å². The van der Waals surface area contributed by atoms with Crippen LogP contribution in [0.4, 0.5) is 0 Å². The molecule has 0 saturated heterocycles. The Labute approximate surface area is 115 Å². The van der Waals surface area contributed by atoms with E-state index in [0.717, 1.165) is 12.5 Å². The van der Waals surface area contributed by atoms with Gasteiger partial charge in [0.25, 0.3) is 5.91 Å². The number of sulfonamides is 1. The molecule has 0 aliphatic rings. The lowest BCUT2D eigenvalue weighted by Crippen LogP contribution is -2.24. The molecule has 18 heavy (non-hydrogen) atoms. The summed E-state index contributed by atoms with van der Waals surface area (Å²) in [6, 6.07) is 2.40. The van der Waals surface area contributed by atoms with Crippen molar-refractivity contribution in [2.45, 2.75) is 18.2 Å². The summed E-state index contributed by atoms with van der Waals surface area (Å²) >= 11 is 11.5. The van der Waals surface area contributed by atoms with Crippen molar-refractivity contribution < 1.29 is 13.2 Å². The van der Waals surface area contributed by atoms with E-state index in [0.29, 0.717) is 6.54 Å². The second-order valence-corrected chi connectivity index (χ2v) is 5.89. The van der Waals surface area contributed by atoms with Gasteiger partial charge in [-0.25, -0.2) is 13.6 Å². The summed E-state index contributed by atoms with van der Waals surface area (Å²) < 4.78 is 22.6. The summed E-state index contributed by atoms with van der Waals surface area (Å²) in [6.07, 6.45) is 0.759. The summed E-state index contributed by atoms with van der Waals surface area (Å²) in [7, 11) is -4.03. The van der Waals surface area contributed by atoms with E-state index in [1.807, 2.05) is 6.92 Å². The van der Waals surface area contributed by atoms with Gasteiger partial charge in [-0.15, -0.1) is 0 Å². The number of nitrogens with one attached hydrogen (secondary N) is 1. The molecule has 3 N–H and O–H groups in total. The predicted molar refractivity (Wildman–Crippen MR) is 70.5 cm³/mol. The third-order valence-corrected chi connectivity index (χ3v) is 3.95. The van der Waals surface area contributed by atoms with Crippen LogP contribution in [-0.4, -0.2) is 20.9 Å². The van der Waals surface area contributed by atoms with E-state index in [2.05, 4.69) is 5.32 Å². The monoisotopic (exact) mass is 310 g/mol. The normalized spacial score (nSPS) is 11.3. The minimum absolute atomic E-state index is 0.0372. The number of primary sulfonamides is 1. The lowest BCUT2D eigenvalue weighted by Gasteiger charge is -2.08. The average Bonchev–Trinajstić information content (AvgIpc) is 2.27. The Bertz CT molecular complexity index is 573. The van der Waals surface area contributed by atoms with E-state index in [1.165, 1.54) is 6.07 Å². The zero-order chi connectivity index (χ0) is 13.9. The van der Waals surface area contributed by atoms with Gasteiger partial charge in [0.2, 0.25) is 10.0 Å². The highest BCUT2D eigenvalue weighted by Gasteiger charge is 2.19. The van der Waals surface area contributed by atoms with E-state index in [-0.39, 0.29) is 20.5 Å². The van der Waals surface area contributed by atoms with Gasteiger partial charge in [0.15, 0.2) is 0 Å². The Morgan fingerprint density at radius 2 is 2.00 bits per heavy atom. The van der Waals surface area contributed by atoms with Crippen molar-refractivity contribution in [1.29, 1.82) is 0 Å². The van der Waals surface area contributed by atoms with Crippen LogP contribution in [0, 0.1) is 0 Å². The first-order chi connectivity index (χ1) is 8.27. The minimum Gasteiger partial charge on any atom is -0.352 e. The molecule has 0 fully saturated rings. The van der Waals surface area contributed by atoms with E-state index >= 15 is 0 Å². The Morgan fingerprint density at radius 3 is 2.50 bits per heavy atom. The molecule has 0 heterocycles. The van der Waals surface area contributed by atoms with Gasteiger partial charge in [-0.3, -0.25) is 4.79 Å². The molecule has 0 radical (unpaired) electrons. The maximum atomic E-state index is 11.7. The number of rotatable bonds is 4. The Hall–Kier alpha value is -0.820. The fraction of sp³-hybridized carbons (Fsp3) is 0.300. The molecule has 1 rings (SSSR count). The molecular formula is C10H12Cl2N2O3S. The molecule has 0 aliphatic heterocycles. The summed E-state index contributed by atoms with van der Waals surface area (Å²) in [5.41, 5.74) is 0.0990. The first-order valence-corrected chi connectivity index (χ1v) is 7.37. The third-order valence-electron chi connectivity index (χ3n) is 2.10. The molecule has 0 atom stereocenters. The Balaban J connectivity index is 3.25. The SMILES string of the molecule is CCCNC(=O)c1cc(Cl)c(Cl)c(S(N)(=O)=O)c1. The first kappa shape index (κ1) is 15.2. The Morgan fingerprint density at radius 1 is 1.39 bits per heavy atom. The van der Waals surface area contributed by atoms with Gasteiger partial charge in [0.05, 0.1) is 10.0 Å². The summed E-state index contributed by atoms with van der Waals surface area (Å²) in [5.74, 6) is -0.430. The molecule has 1 aromatic carbocycles. The van der Waals surface area contributed by atoms with Crippen molar-refractivity contribution in [2.75, 3.05) is 6.54 Å². The number of nitrogens with two attached hydrogens (primary N) is 1. The van der Waals surface area contributed by atoms with Crippen molar-refractivity contribution in [2.24, 2.45) is 5.14 Å². The molecule has 0 spiro atoms. The molecule has 0 aromatic heterocycles. The number of benzene rings is 1. The van der Waals surface area contributed by atoms with E-state index < -0.39 is 15.9 Å². The summed E-state index contributed by atoms with van der Waals surface area (Å²) in [4.78, 5) is 11.3. The van der Waals surface area contributed by atoms with Crippen LogP contribution in [0.3, 0.4) is 0 Å². The Kier molecular flexibility index (Phi) is 4.98. The second kappa shape index (κ2) is 5.88. The molecule has 0 aliphatic carbocycles. The highest BCUT2D eigenvalue weighted by Crippen LogP contribution is 2.30. The molecule has 1 aromatic rings. The second-order valence-electron chi connectivity index (χ2n) is 3.57. The van der Waals surface area contributed by atoms with Crippen LogP contribution in [0.5, 0.6) is 0 Å². The fourth-order valence-electron chi connectivity index (χ4n) is 1.24. The molecule has 0 saturated carbocycles. The van der Waals surface area contributed by atoms with Crippen LogP contribution in [-0.2, 0) is 10.0 Å². The number of halogens is 2. The zero-order valence-corrected chi connectivity index (χ0v) is 11.9. The van der Waals surface area contributed by atoms with Gasteiger partial charge in [-0.1, -0.05) is 30.1 Å². The molecule has 1 amide bonds. The predicted octanol–water partition coefficient (Wildman–Crippen LogP) is 1.78. The lowest BCUT2D eigenvalue weighted by molar-refractivity contribution is 0.0953. The first-order valence-electron chi connectivity index (χ1n) is 5.07. The van der Waals surface area contributed by atoms with Gasteiger partial charge in [-0.2, -0.15) is 0 Å². The molecule has 5 nitrogen and oxygen atoms in total. The molecule has 100 valence electrons. The maximum absolute atomic E-state index is 11.7. The molecule has 0 bridgehead atoms. The van der Waals surface area contributed by atoms with E-state index in [9.17, 15) is 13.2 Å². The van der Waals surface area contributed by atoms with Crippen molar-refractivity contribution in [1.82, 2.24) is 5.32 Å². The van der Waals surface area contributed by atoms with Crippen molar-refractivity contribution in [3.8, 4) is 0 Å². The molecular weight excluding hydrogens is 299 g/mol. The van der Waals surface area contributed by atoms with Crippen LogP contribution >= 0.6 is 23.2 Å². The third kappa shape index (κ3) is 3.58. The van der Waals surface area contributed by atoms with Crippen LogP contribution in [0.15, 0.2) is 17.0 Å². The molecule has 0 unspecified atom stereocenters. The summed E-state index contributed by atoms with van der Waals surface area (Å²) in [5, 5.41) is 7.36. The number of hydrogen-bond acceptors (Lipinski definition) is 3. The van der Waals surface area contributed by atoms with E-state index in [4.69, 9.17) is 28.3 Å². The average molecular weight is 311 g/mol. The van der Waals surface area contributed by atoms with Gasteiger partial charge >= 0.3 is 0 Å². The van der Waals surface area contributed by atoms with Crippen molar-refractivity contribution in [3.63, 3.8) is 0 Å². The number of carbonyl (C=O) groups is 1. The van der Waals surface area contributed by atoms with Crippen LogP contribution in [0.1, 0.15) is 23.7 Å². The van der Waals surface area contributed by atoms with Crippen molar-refractivity contribution in [3.05, 3.63) is 27.7 Å². The quantitative estimate of drug-likeness (QED) is 0.888. The molecule has 8 heteroatoms. The van der Waals surface area contributed by atoms with Gasteiger partial charge in [-0.05, 0) is 18.6 Å². The smallest absolute Gasteiger partial charge is 0.251 e. The standard InChI is InChI=1S/C10H12Cl2N2O3S/c1-2-3-14-10(15)6-4-7(11)9(12)8(5-6)18(13,16)17/h4-5H,2-3H2,1H3,(H,14,15)(H2,13,16,17). The van der Waals surface area contributed by atoms with E-state index in [1.54, 1.807) is 0 Å². The lowest BCUT2D eigenvalue weighted by atomic mass is 10.2. The van der Waals surface area contributed by atoms with Crippen molar-refractivity contribution >= 4 is 39.1 Å². The fourth-order valence-corrected chi connectivity index (χ4v) is 2.60. The van der Waals surface area contributed by atoms with Crippen LogP contribution < -0.4 is 10.5 Å². The highest BCUT2D eigenvalue weighted by atomic mass is 35.5. The topological polar surface area (TPSA) is 89.3 Å². The zero-order valence-electron chi connectivity index (χ0n) is 9.54. The van der Waals surface area contributed by atoms with Gasteiger partial charge in [0.1, 0.15) is 4.90 Å². The van der Waals surface area contributed by atoms with Crippen LogP contribution in [0.2, 0.25) is 10.0 Å². The number of hydrogen-bond donors (Lipinski definition) is 2. The number of amides is 1. The van der Waals surface area contributed by atoms with Gasteiger partial charge in [0, 0.05) is 12.1 Å². The highest BCUT2D eigenvalue weighted by molar-refractivity contribution is 7.89. The summed E-state index contributed by atoms with van der Waals surface area (Å²) in [6.45, 7) is 2.37. The largest absolute Gasteiger partial charge is 0.352 e. The van der Waals surface area contributed by atoms with Gasteiger partial charge < -0.3 is 5.32 Å². The number of carbonyl (C=O) groups excluding carboxylic acids is 1. The minimum atomic E-state index is -4.03.